The van der Waals surface area contributed by atoms with Crippen molar-refractivity contribution in [3.63, 3.8) is 0 Å². The minimum atomic E-state index is -3.83. The first-order chi connectivity index (χ1) is 11.4. The molecule has 24 heavy (non-hydrogen) atoms. The highest BCUT2D eigenvalue weighted by Gasteiger charge is 2.23. The van der Waals surface area contributed by atoms with Gasteiger partial charge in [-0.1, -0.05) is 13.3 Å². The van der Waals surface area contributed by atoms with Gasteiger partial charge in [0.1, 0.15) is 4.90 Å². The lowest BCUT2D eigenvalue weighted by Crippen LogP contribution is -2.32. The Hall–Kier alpha value is -1.64. The summed E-state index contributed by atoms with van der Waals surface area (Å²) in [5.74, 6) is -1.16. The van der Waals surface area contributed by atoms with Crippen LogP contribution in [0.4, 0.5) is 5.69 Å². The molecule has 1 atom stereocenters. The fourth-order valence-electron chi connectivity index (χ4n) is 2.51. The molecule has 1 saturated heterocycles. The van der Waals surface area contributed by atoms with Gasteiger partial charge >= 0.3 is 5.97 Å². The van der Waals surface area contributed by atoms with Crippen molar-refractivity contribution in [2.75, 3.05) is 25.0 Å². The van der Waals surface area contributed by atoms with Crippen LogP contribution in [0.1, 0.15) is 43.0 Å². The Morgan fingerprint density at radius 2 is 2.21 bits per heavy atom. The monoisotopic (exact) mass is 356 g/mol. The minimum Gasteiger partial charge on any atom is -0.478 e. The van der Waals surface area contributed by atoms with E-state index in [1.54, 1.807) is 0 Å². The lowest BCUT2D eigenvalue weighted by atomic mass is 10.2. The molecule has 0 radical (unpaired) electrons. The van der Waals surface area contributed by atoms with Crippen molar-refractivity contribution in [1.82, 2.24) is 4.72 Å². The topological polar surface area (TPSA) is 105 Å². The third-order valence-electron chi connectivity index (χ3n) is 3.89. The minimum absolute atomic E-state index is 0.0449. The van der Waals surface area contributed by atoms with Gasteiger partial charge in [0, 0.05) is 19.7 Å². The molecule has 1 heterocycles. The second-order valence-electron chi connectivity index (χ2n) is 5.78. The van der Waals surface area contributed by atoms with Crippen LogP contribution in [0.25, 0.3) is 0 Å². The van der Waals surface area contributed by atoms with E-state index >= 15 is 0 Å². The molecule has 134 valence electrons. The van der Waals surface area contributed by atoms with E-state index < -0.39 is 16.0 Å². The molecule has 0 saturated carbocycles. The van der Waals surface area contributed by atoms with E-state index in [0.717, 1.165) is 25.7 Å². The predicted molar refractivity (Wildman–Crippen MR) is 91.0 cm³/mol. The first-order valence-electron chi connectivity index (χ1n) is 8.16. The summed E-state index contributed by atoms with van der Waals surface area (Å²) in [7, 11) is -3.83. The van der Waals surface area contributed by atoms with Gasteiger partial charge in [0.15, 0.2) is 0 Å². The van der Waals surface area contributed by atoms with Crippen molar-refractivity contribution < 1.29 is 23.1 Å². The number of aromatic carboxylic acids is 1. The van der Waals surface area contributed by atoms with Crippen molar-refractivity contribution in [1.29, 1.82) is 0 Å². The molecule has 3 N–H and O–H groups in total. The fourth-order valence-corrected chi connectivity index (χ4v) is 3.78. The first kappa shape index (κ1) is 18.7. The standard InChI is InChI=1S/C16H24N2O5S/c1-2-3-8-17-14-7-6-12(16(19)20)10-15(14)24(21,22)18-11-13-5-4-9-23-13/h6-7,10,13,17-18H,2-5,8-9,11H2,1H3,(H,19,20)/t13-/m0/s1. The number of hydrogen-bond donors (Lipinski definition) is 3. The lowest BCUT2D eigenvalue weighted by molar-refractivity contribution is 0.0696. The zero-order valence-electron chi connectivity index (χ0n) is 13.7. The molecule has 1 aromatic carbocycles. The van der Waals surface area contributed by atoms with Crippen LogP contribution in [-0.2, 0) is 14.8 Å². The molecule has 2 rings (SSSR count). The smallest absolute Gasteiger partial charge is 0.335 e. The average Bonchev–Trinajstić information content (AvgIpc) is 3.07. The second-order valence-corrected chi connectivity index (χ2v) is 7.52. The van der Waals surface area contributed by atoms with Crippen molar-refractivity contribution in [3.05, 3.63) is 23.8 Å². The number of ether oxygens (including phenoxy) is 1. The van der Waals surface area contributed by atoms with E-state index in [0.29, 0.717) is 18.8 Å². The number of carboxylic acids is 1. The summed E-state index contributed by atoms with van der Waals surface area (Å²) >= 11 is 0. The molecule has 0 amide bonds. The summed E-state index contributed by atoms with van der Waals surface area (Å²) in [6, 6.07) is 4.09. The summed E-state index contributed by atoms with van der Waals surface area (Å²) in [5, 5.41) is 12.2. The largest absolute Gasteiger partial charge is 0.478 e. The van der Waals surface area contributed by atoms with Crippen molar-refractivity contribution in [2.24, 2.45) is 0 Å². The molecule has 0 bridgehead atoms. The number of unbranched alkanes of at least 4 members (excludes halogenated alkanes) is 1. The van der Waals surface area contributed by atoms with Crippen molar-refractivity contribution in [3.8, 4) is 0 Å². The number of nitrogens with one attached hydrogen (secondary N) is 2. The highest BCUT2D eigenvalue weighted by Crippen LogP contribution is 2.23. The molecule has 1 fully saturated rings. The van der Waals surface area contributed by atoms with Gasteiger partial charge in [0.05, 0.1) is 17.4 Å². The first-order valence-corrected chi connectivity index (χ1v) is 9.65. The van der Waals surface area contributed by atoms with Crippen LogP contribution in [0, 0.1) is 0 Å². The molecule has 0 aromatic heterocycles. The zero-order chi connectivity index (χ0) is 17.6. The number of anilines is 1. The lowest BCUT2D eigenvalue weighted by Gasteiger charge is -2.15. The van der Waals surface area contributed by atoms with Crippen LogP contribution in [0.2, 0.25) is 0 Å². The predicted octanol–water partition coefficient (Wildman–Crippen LogP) is 2.05. The normalized spacial score (nSPS) is 17.8. The van der Waals surface area contributed by atoms with Gasteiger partial charge in [-0.05, 0) is 37.5 Å². The van der Waals surface area contributed by atoms with Gasteiger partial charge in [-0.25, -0.2) is 17.9 Å². The molecule has 1 aliphatic rings. The number of hydrogen-bond acceptors (Lipinski definition) is 5. The van der Waals surface area contributed by atoms with E-state index in [1.165, 1.54) is 18.2 Å². The number of sulfonamides is 1. The molecule has 1 aromatic rings. The Balaban J connectivity index is 2.21. The van der Waals surface area contributed by atoms with Crippen LogP contribution in [-0.4, -0.2) is 45.3 Å². The number of carbonyl (C=O) groups is 1. The summed E-state index contributed by atoms with van der Waals surface area (Å²) in [4.78, 5) is 11.1. The highest BCUT2D eigenvalue weighted by atomic mass is 32.2. The van der Waals surface area contributed by atoms with Crippen molar-refractivity contribution >= 4 is 21.7 Å². The maximum atomic E-state index is 12.6. The van der Waals surface area contributed by atoms with Gasteiger partial charge in [-0.2, -0.15) is 0 Å². The molecule has 0 spiro atoms. The SMILES string of the molecule is CCCCNc1ccc(C(=O)O)cc1S(=O)(=O)NC[C@@H]1CCCO1. The van der Waals surface area contributed by atoms with Gasteiger partial charge in [-0.15, -0.1) is 0 Å². The van der Waals surface area contributed by atoms with Gasteiger partial charge in [-0.3, -0.25) is 0 Å². The number of benzene rings is 1. The number of carboxylic acid groups (broad SMARTS) is 1. The van der Waals surface area contributed by atoms with Crippen LogP contribution < -0.4 is 10.0 Å². The molecule has 7 nitrogen and oxygen atoms in total. The molecule has 1 aliphatic heterocycles. The van der Waals surface area contributed by atoms with Crippen LogP contribution in [0.3, 0.4) is 0 Å². The third-order valence-corrected chi connectivity index (χ3v) is 5.35. The van der Waals surface area contributed by atoms with Crippen LogP contribution in [0.15, 0.2) is 23.1 Å². The Labute approximate surface area is 142 Å². The van der Waals surface area contributed by atoms with E-state index in [9.17, 15) is 13.2 Å². The van der Waals surface area contributed by atoms with Gasteiger partial charge < -0.3 is 15.2 Å². The van der Waals surface area contributed by atoms with Gasteiger partial charge in [0.2, 0.25) is 10.0 Å². The summed E-state index contributed by atoms with van der Waals surface area (Å²) in [6.07, 6.45) is 3.48. The maximum absolute atomic E-state index is 12.6. The third kappa shape index (κ3) is 4.93. The zero-order valence-corrected chi connectivity index (χ0v) is 14.6. The Morgan fingerprint density at radius 1 is 1.42 bits per heavy atom. The highest BCUT2D eigenvalue weighted by molar-refractivity contribution is 7.89. The Bertz CT molecular complexity index is 669. The quantitative estimate of drug-likeness (QED) is 0.585. The van der Waals surface area contributed by atoms with E-state index in [-0.39, 0.29) is 23.1 Å². The molecular formula is C16H24N2O5S. The molecule has 0 aliphatic carbocycles. The summed E-state index contributed by atoms with van der Waals surface area (Å²) < 4.78 is 33.2. The maximum Gasteiger partial charge on any atom is 0.335 e. The van der Waals surface area contributed by atoms with Crippen molar-refractivity contribution in [2.45, 2.75) is 43.6 Å². The second kappa shape index (κ2) is 8.46. The fraction of sp³-hybridized carbons (Fsp3) is 0.562. The van der Waals surface area contributed by atoms with E-state index in [2.05, 4.69) is 10.0 Å². The molecule has 8 heteroatoms. The van der Waals surface area contributed by atoms with E-state index in [4.69, 9.17) is 9.84 Å². The summed E-state index contributed by atoms with van der Waals surface area (Å²) in [5.41, 5.74) is 0.349. The Kier molecular flexibility index (Phi) is 6.59. The molecular weight excluding hydrogens is 332 g/mol. The van der Waals surface area contributed by atoms with Crippen LogP contribution >= 0.6 is 0 Å². The molecule has 0 unspecified atom stereocenters. The average molecular weight is 356 g/mol. The van der Waals surface area contributed by atoms with E-state index in [1.807, 2.05) is 6.92 Å². The summed E-state index contributed by atoms with van der Waals surface area (Å²) in [6.45, 7) is 3.49. The van der Waals surface area contributed by atoms with Gasteiger partial charge in [0.25, 0.3) is 0 Å². The van der Waals surface area contributed by atoms with Crippen LogP contribution in [0.5, 0.6) is 0 Å². The Morgan fingerprint density at radius 3 is 2.83 bits per heavy atom. The number of rotatable bonds is 9.